The molecule has 0 saturated heterocycles. The smallest absolute Gasteiger partial charge is 0.307 e. The lowest BCUT2D eigenvalue weighted by molar-refractivity contribution is -0.186. The highest BCUT2D eigenvalue weighted by molar-refractivity contribution is 5.69. The number of hydrogen-bond donors (Lipinski definition) is 0. The molecule has 3 aliphatic carbocycles. The maximum Gasteiger partial charge on any atom is 0.307 e. The van der Waals surface area contributed by atoms with E-state index in [4.69, 9.17) is 4.74 Å². The minimum Gasteiger partial charge on any atom is -0.462 e. The van der Waals surface area contributed by atoms with Gasteiger partial charge in [-0.1, -0.05) is 26.0 Å². The van der Waals surface area contributed by atoms with Crippen molar-refractivity contribution in [3.05, 3.63) is 12.4 Å². The van der Waals surface area contributed by atoms with Crippen molar-refractivity contribution in [2.45, 2.75) is 52.7 Å². The molecule has 0 aromatic carbocycles. The van der Waals surface area contributed by atoms with Crippen LogP contribution in [0.2, 0.25) is 0 Å². The van der Waals surface area contributed by atoms with Crippen LogP contribution in [0, 0.1) is 23.2 Å². The summed E-state index contributed by atoms with van der Waals surface area (Å²) in [7, 11) is 0. The topological polar surface area (TPSA) is 57.0 Å². The van der Waals surface area contributed by atoms with Gasteiger partial charge in [0.25, 0.3) is 0 Å². The molecule has 0 amide bonds. The van der Waals surface area contributed by atoms with Crippen LogP contribution in [0.1, 0.15) is 40.0 Å². The number of ether oxygens (including phenoxy) is 1. The molecule has 5 nitrogen and oxygen atoms in total. The van der Waals surface area contributed by atoms with Gasteiger partial charge in [0.2, 0.25) is 0 Å². The summed E-state index contributed by atoms with van der Waals surface area (Å²) in [6.07, 6.45) is 6.18. The van der Waals surface area contributed by atoms with Gasteiger partial charge < -0.3 is 4.74 Å². The van der Waals surface area contributed by atoms with Crippen molar-refractivity contribution < 1.29 is 9.53 Å². The highest BCUT2D eigenvalue weighted by Gasteiger charge is 2.57. The van der Waals surface area contributed by atoms with Crippen molar-refractivity contribution >= 4 is 5.97 Å². The Balaban J connectivity index is 1.50. The van der Waals surface area contributed by atoms with Gasteiger partial charge in [-0.15, -0.1) is 5.10 Å². The van der Waals surface area contributed by atoms with Crippen molar-refractivity contribution in [3.8, 4) is 0 Å². The third kappa shape index (κ3) is 2.23. The first-order chi connectivity index (χ1) is 9.48. The molecule has 2 bridgehead atoms. The van der Waals surface area contributed by atoms with Gasteiger partial charge in [0, 0.05) is 6.20 Å². The fourth-order valence-corrected chi connectivity index (χ4v) is 4.04. The van der Waals surface area contributed by atoms with Crippen molar-refractivity contribution in [2.24, 2.45) is 23.2 Å². The summed E-state index contributed by atoms with van der Waals surface area (Å²) in [5, 5.41) is 7.57. The predicted octanol–water partition coefficient (Wildman–Crippen LogP) is 2.28. The van der Waals surface area contributed by atoms with Crippen molar-refractivity contribution in [1.82, 2.24) is 15.0 Å². The van der Waals surface area contributed by atoms with Crippen molar-refractivity contribution in [1.29, 1.82) is 0 Å². The van der Waals surface area contributed by atoms with Crippen LogP contribution < -0.4 is 0 Å². The van der Waals surface area contributed by atoms with Gasteiger partial charge in [-0.05, 0) is 36.0 Å². The average Bonchev–Trinajstić information content (AvgIpc) is 2.91. The van der Waals surface area contributed by atoms with E-state index in [1.165, 1.54) is 6.42 Å². The van der Waals surface area contributed by atoms with E-state index in [1.807, 2.05) is 0 Å². The first kappa shape index (κ1) is 13.6. The lowest BCUT2D eigenvalue weighted by Gasteiger charge is -2.61. The maximum absolute atomic E-state index is 12.0. The number of hydrogen-bond acceptors (Lipinski definition) is 4. The van der Waals surface area contributed by atoms with Crippen LogP contribution in [0.5, 0.6) is 0 Å². The van der Waals surface area contributed by atoms with Crippen LogP contribution >= 0.6 is 0 Å². The second kappa shape index (κ2) is 4.86. The van der Waals surface area contributed by atoms with E-state index in [2.05, 4.69) is 31.1 Å². The Morgan fingerprint density at radius 1 is 1.45 bits per heavy atom. The SMILES string of the molecule is C[C@H]1[C@H]2C[C@H](C[C@H]1OC(=O)CCn1ccnn1)C2(C)C. The zero-order valence-electron chi connectivity index (χ0n) is 12.5. The van der Waals surface area contributed by atoms with Gasteiger partial charge in [0.15, 0.2) is 0 Å². The maximum atomic E-state index is 12.0. The fraction of sp³-hybridized carbons (Fsp3) is 0.800. The summed E-state index contributed by atoms with van der Waals surface area (Å²) < 4.78 is 7.35. The van der Waals surface area contributed by atoms with Crippen molar-refractivity contribution in [2.75, 3.05) is 0 Å². The summed E-state index contributed by atoms with van der Waals surface area (Å²) in [6, 6.07) is 0. The Kier molecular flexibility index (Phi) is 3.30. The number of aromatic nitrogens is 3. The van der Waals surface area contributed by atoms with E-state index >= 15 is 0 Å². The average molecular weight is 277 g/mol. The monoisotopic (exact) mass is 277 g/mol. The van der Waals surface area contributed by atoms with E-state index in [0.29, 0.717) is 30.2 Å². The third-order valence-corrected chi connectivity index (χ3v) is 5.58. The molecule has 0 aliphatic heterocycles. The Labute approximate surface area is 119 Å². The van der Waals surface area contributed by atoms with Gasteiger partial charge in [0.1, 0.15) is 6.10 Å². The number of aryl methyl sites for hydroxylation is 1. The molecule has 3 fully saturated rings. The standard InChI is InChI=1S/C15H23N3O2/c1-10-12-8-11(15(12,2)3)9-13(10)20-14(19)4-6-18-7-5-16-17-18/h5,7,10-13H,4,6,8-9H2,1-3H3/t10-,11+,12+,13+/m0/s1. The van der Waals surface area contributed by atoms with Crippen LogP contribution in [-0.4, -0.2) is 27.1 Å². The molecule has 1 aromatic heterocycles. The first-order valence-electron chi connectivity index (χ1n) is 7.52. The molecule has 5 heteroatoms. The fourth-order valence-electron chi connectivity index (χ4n) is 4.04. The van der Waals surface area contributed by atoms with E-state index in [9.17, 15) is 4.79 Å². The summed E-state index contributed by atoms with van der Waals surface area (Å²) in [6.45, 7) is 7.48. The van der Waals surface area contributed by atoms with Crippen LogP contribution in [0.15, 0.2) is 12.4 Å². The Bertz CT molecular complexity index is 483. The minimum atomic E-state index is -0.114. The summed E-state index contributed by atoms with van der Waals surface area (Å²) in [5.41, 5.74) is 0.434. The first-order valence-corrected chi connectivity index (χ1v) is 7.52. The Morgan fingerprint density at radius 3 is 2.85 bits per heavy atom. The van der Waals surface area contributed by atoms with E-state index in [0.717, 1.165) is 12.3 Å². The van der Waals surface area contributed by atoms with Gasteiger partial charge in [-0.3, -0.25) is 9.48 Å². The Morgan fingerprint density at radius 2 is 2.25 bits per heavy atom. The van der Waals surface area contributed by atoms with Gasteiger partial charge >= 0.3 is 5.97 Å². The number of carbonyl (C=O) groups is 1. The largest absolute Gasteiger partial charge is 0.462 e. The molecule has 1 heterocycles. The molecule has 1 aromatic rings. The zero-order chi connectivity index (χ0) is 14.3. The molecule has 110 valence electrons. The molecular weight excluding hydrogens is 254 g/mol. The molecule has 0 unspecified atom stereocenters. The summed E-state index contributed by atoms with van der Waals surface area (Å²) in [4.78, 5) is 12.0. The van der Waals surface area contributed by atoms with Crippen LogP contribution in [-0.2, 0) is 16.1 Å². The highest BCUT2D eigenvalue weighted by atomic mass is 16.5. The number of rotatable bonds is 4. The molecule has 4 atom stereocenters. The lowest BCUT2D eigenvalue weighted by Crippen LogP contribution is -2.57. The molecule has 3 aliphatic rings. The van der Waals surface area contributed by atoms with E-state index in [1.54, 1.807) is 17.1 Å². The molecule has 4 rings (SSSR count). The quantitative estimate of drug-likeness (QED) is 0.792. The Hall–Kier alpha value is -1.39. The summed E-state index contributed by atoms with van der Waals surface area (Å²) in [5.74, 6) is 1.79. The zero-order valence-corrected chi connectivity index (χ0v) is 12.5. The number of fused-ring (bicyclic) bond motifs is 2. The highest BCUT2D eigenvalue weighted by Crippen LogP contribution is 2.61. The van der Waals surface area contributed by atoms with Gasteiger partial charge in [-0.25, -0.2) is 0 Å². The second-order valence-electron chi connectivity index (χ2n) is 6.90. The molecule has 0 N–H and O–H groups in total. The molecule has 3 saturated carbocycles. The van der Waals surface area contributed by atoms with E-state index in [-0.39, 0.29) is 12.1 Å². The van der Waals surface area contributed by atoms with Gasteiger partial charge in [-0.2, -0.15) is 0 Å². The summed E-state index contributed by atoms with van der Waals surface area (Å²) >= 11 is 0. The normalized spacial score (nSPS) is 34.4. The number of nitrogens with zero attached hydrogens (tertiary/aromatic N) is 3. The van der Waals surface area contributed by atoms with E-state index < -0.39 is 0 Å². The molecular formula is C15H23N3O2. The third-order valence-electron chi connectivity index (χ3n) is 5.58. The van der Waals surface area contributed by atoms with Crippen LogP contribution in [0.4, 0.5) is 0 Å². The van der Waals surface area contributed by atoms with Crippen molar-refractivity contribution in [3.63, 3.8) is 0 Å². The minimum absolute atomic E-state index is 0.107. The van der Waals surface area contributed by atoms with Gasteiger partial charge in [0.05, 0.1) is 19.2 Å². The lowest BCUT2D eigenvalue weighted by atomic mass is 9.45. The molecule has 20 heavy (non-hydrogen) atoms. The van der Waals surface area contributed by atoms with Crippen LogP contribution in [0.25, 0.3) is 0 Å². The predicted molar refractivity (Wildman–Crippen MR) is 73.7 cm³/mol. The number of carbonyl (C=O) groups excluding carboxylic acids is 1. The molecule has 0 radical (unpaired) electrons. The number of esters is 1. The van der Waals surface area contributed by atoms with Crippen LogP contribution in [0.3, 0.4) is 0 Å². The molecule has 0 spiro atoms. The second-order valence-corrected chi connectivity index (χ2v) is 6.90.